The summed E-state index contributed by atoms with van der Waals surface area (Å²) >= 11 is 1.32. The lowest BCUT2D eigenvalue weighted by Gasteiger charge is -2.19. The van der Waals surface area contributed by atoms with E-state index in [-0.39, 0.29) is 17.7 Å². The van der Waals surface area contributed by atoms with Gasteiger partial charge in [0.2, 0.25) is 0 Å². The first kappa shape index (κ1) is 15.6. The Morgan fingerprint density at radius 1 is 1.42 bits per heavy atom. The lowest BCUT2D eigenvalue weighted by atomic mass is 10.0. The van der Waals surface area contributed by atoms with Gasteiger partial charge < -0.3 is 15.8 Å². The first-order chi connectivity index (χ1) is 8.86. The van der Waals surface area contributed by atoms with E-state index in [4.69, 9.17) is 5.73 Å². The molecule has 0 radical (unpaired) electrons. The van der Waals surface area contributed by atoms with Gasteiger partial charge in [0.05, 0.1) is 13.2 Å². The molecule has 6 nitrogen and oxygen atoms in total. The molecule has 7 heteroatoms. The molecular formula is C12H19N3O3S. The number of hydrogen-bond acceptors (Lipinski definition) is 6. The molecule has 0 saturated carbocycles. The number of ether oxygens (including phenoxy) is 1. The molecule has 1 rings (SSSR count). The van der Waals surface area contributed by atoms with Gasteiger partial charge in [-0.15, -0.1) is 11.3 Å². The topological polar surface area (TPSA) is 94.3 Å². The van der Waals surface area contributed by atoms with Crippen molar-refractivity contribution in [2.24, 2.45) is 11.7 Å². The van der Waals surface area contributed by atoms with E-state index >= 15 is 0 Å². The van der Waals surface area contributed by atoms with Gasteiger partial charge in [-0.25, -0.2) is 9.78 Å². The molecule has 0 spiro atoms. The highest BCUT2D eigenvalue weighted by atomic mass is 32.1. The van der Waals surface area contributed by atoms with Gasteiger partial charge in [0.25, 0.3) is 5.91 Å². The van der Waals surface area contributed by atoms with Crippen LogP contribution in [0.1, 0.15) is 42.3 Å². The number of nitrogens with zero attached hydrogens (tertiary/aromatic N) is 1. The van der Waals surface area contributed by atoms with Crippen LogP contribution in [-0.2, 0) is 9.53 Å². The molecule has 19 heavy (non-hydrogen) atoms. The molecule has 1 aromatic heterocycles. The standard InChI is InChI=1S/C12H19N3O3S/c1-6(2)9(12(17)18-4)15-10(16)8-5-19-11(14-8)7(3)13/h5-7,9H,13H2,1-4H3,(H,15,16). The molecule has 2 unspecified atom stereocenters. The Bertz CT molecular complexity index is 457. The van der Waals surface area contributed by atoms with E-state index in [9.17, 15) is 9.59 Å². The van der Waals surface area contributed by atoms with Gasteiger partial charge in [-0.2, -0.15) is 0 Å². The number of carbonyl (C=O) groups is 2. The largest absolute Gasteiger partial charge is 0.467 e. The number of methoxy groups -OCH3 is 1. The van der Waals surface area contributed by atoms with Crippen LogP contribution < -0.4 is 11.1 Å². The summed E-state index contributed by atoms with van der Waals surface area (Å²) in [6.45, 7) is 5.46. The van der Waals surface area contributed by atoms with Crippen LogP contribution in [0.2, 0.25) is 0 Å². The van der Waals surface area contributed by atoms with Crippen LogP contribution in [0.3, 0.4) is 0 Å². The van der Waals surface area contributed by atoms with Gasteiger partial charge in [-0.05, 0) is 12.8 Å². The zero-order valence-corrected chi connectivity index (χ0v) is 12.3. The van der Waals surface area contributed by atoms with Crippen molar-refractivity contribution < 1.29 is 14.3 Å². The molecule has 0 aliphatic carbocycles. The number of nitrogens with one attached hydrogen (secondary N) is 1. The fourth-order valence-corrected chi connectivity index (χ4v) is 2.20. The summed E-state index contributed by atoms with van der Waals surface area (Å²) in [5, 5.41) is 4.94. The fraction of sp³-hybridized carbons (Fsp3) is 0.583. The Kier molecular flexibility index (Phi) is 5.44. The Morgan fingerprint density at radius 3 is 2.47 bits per heavy atom. The summed E-state index contributed by atoms with van der Waals surface area (Å²) in [4.78, 5) is 27.7. The third-order valence-electron chi connectivity index (χ3n) is 2.55. The molecular weight excluding hydrogens is 266 g/mol. The number of thiazole rings is 1. The van der Waals surface area contributed by atoms with E-state index < -0.39 is 17.9 Å². The van der Waals surface area contributed by atoms with E-state index in [1.807, 2.05) is 13.8 Å². The molecule has 0 saturated heterocycles. The SMILES string of the molecule is COC(=O)C(NC(=O)c1csc(C(C)N)n1)C(C)C. The van der Waals surface area contributed by atoms with Gasteiger partial charge in [0.15, 0.2) is 0 Å². The molecule has 0 aliphatic rings. The lowest BCUT2D eigenvalue weighted by Crippen LogP contribution is -2.45. The summed E-state index contributed by atoms with van der Waals surface area (Å²) in [7, 11) is 1.29. The highest BCUT2D eigenvalue weighted by molar-refractivity contribution is 7.09. The van der Waals surface area contributed by atoms with Gasteiger partial charge in [-0.3, -0.25) is 4.79 Å². The molecule has 1 amide bonds. The van der Waals surface area contributed by atoms with Gasteiger partial charge in [0.1, 0.15) is 16.7 Å². The van der Waals surface area contributed by atoms with E-state index in [2.05, 4.69) is 15.0 Å². The van der Waals surface area contributed by atoms with Crippen LogP contribution in [0.15, 0.2) is 5.38 Å². The summed E-state index contributed by atoms with van der Waals surface area (Å²) in [5.74, 6) is -0.929. The number of amides is 1. The molecule has 0 bridgehead atoms. The molecule has 0 aliphatic heterocycles. The normalized spacial score (nSPS) is 14.0. The van der Waals surface area contributed by atoms with Crippen molar-refractivity contribution in [2.75, 3.05) is 7.11 Å². The third-order valence-corrected chi connectivity index (χ3v) is 3.60. The zero-order valence-electron chi connectivity index (χ0n) is 11.5. The number of carbonyl (C=O) groups excluding carboxylic acids is 2. The summed E-state index contributed by atoms with van der Waals surface area (Å²) < 4.78 is 4.66. The second-order valence-corrected chi connectivity index (χ2v) is 5.47. The zero-order chi connectivity index (χ0) is 14.6. The first-order valence-electron chi connectivity index (χ1n) is 5.96. The van der Waals surface area contributed by atoms with Crippen LogP contribution in [0.25, 0.3) is 0 Å². The van der Waals surface area contributed by atoms with E-state index in [1.165, 1.54) is 18.4 Å². The number of hydrogen-bond donors (Lipinski definition) is 2. The molecule has 0 fully saturated rings. The lowest BCUT2D eigenvalue weighted by molar-refractivity contribution is -0.144. The van der Waals surface area contributed by atoms with E-state index in [0.717, 1.165) is 0 Å². The van der Waals surface area contributed by atoms with Crippen molar-refractivity contribution in [3.05, 3.63) is 16.1 Å². The molecule has 2 atom stereocenters. The molecule has 106 valence electrons. The second kappa shape index (κ2) is 6.63. The van der Waals surface area contributed by atoms with Gasteiger partial charge in [-0.1, -0.05) is 13.8 Å². The molecule has 1 aromatic rings. The van der Waals surface area contributed by atoms with E-state index in [1.54, 1.807) is 12.3 Å². The molecule has 3 N–H and O–H groups in total. The summed E-state index contributed by atoms with van der Waals surface area (Å²) in [5.41, 5.74) is 5.96. The predicted octanol–water partition coefficient (Wildman–Crippen LogP) is 1.09. The maximum atomic E-state index is 12.0. The van der Waals surface area contributed by atoms with Gasteiger partial charge in [0, 0.05) is 5.38 Å². The van der Waals surface area contributed by atoms with E-state index in [0.29, 0.717) is 5.01 Å². The molecule has 1 heterocycles. The fourth-order valence-electron chi connectivity index (χ4n) is 1.44. The predicted molar refractivity (Wildman–Crippen MR) is 72.8 cm³/mol. The number of aromatic nitrogens is 1. The maximum absolute atomic E-state index is 12.0. The van der Waals surface area contributed by atoms with Crippen LogP contribution in [0.5, 0.6) is 0 Å². The van der Waals surface area contributed by atoms with Crippen molar-refractivity contribution in [1.82, 2.24) is 10.3 Å². The average Bonchev–Trinajstić information content (AvgIpc) is 2.84. The van der Waals surface area contributed by atoms with Crippen molar-refractivity contribution in [3.63, 3.8) is 0 Å². The van der Waals surface area contributed by atoms with Crippen LogP contribution in [-0.4, -0.2) is 30.0 Å². The van der Waals surface area contributed by atoms with Crippen molar-refractivity contribution in [2.45, 2.75) is 32.9 Å². The second-order valence-electron chi connectivity index (χ2n) is 4.58. The van der Waals surface area contributed by atoms with Crippen molar-refractivity contribution in [1.29, 1.82) is 0 Å². The number of nitrogens with two attached hydrogens (primary N) is 1. The minimum atomic E-state index is -0.682. The minimum Gasteiger partial charge on any atom is -0.467 e. The highest BCUT2D eigenvalue weighted by Gasteiger charge is 2.26. The van der Waals surface area contributed by atoms with Gasteiger partial charge >= 0.3 is 5.97 Å². The summed E-state index contributed by atoms with van der Waals surface area (Å²) in [6.07, 6.45) is 0. The quantitative estimate of drug-likeness (QED) is 0.790. The smallest absolute Gasteiger partial charge is 0.328 e. The Balaban J connectivity index is 2.79. The Hall–Kier alpha value is -1.47. The third kappa shape index (κ3) is 4.00. The van der Waals surface area contributed by atoms with Crippen LogP contribution in [0, 0.1) is 5.92 Å². The monoisotopic (exact) mass is 285 g/mol. The Morgan fingerprint density at radius 2 is 2.05 bits per heavy atom. The van der Waals surface area contributed by atoms with Crippen molar-refractivity contribution >= 4 is 23.2 Å². The first-order valence-corrected chi connectivity index (χ1v) is 6.84. The summed E-state index contributed by atoms with van der Waals surface area (Å²) in [6, 6.07) is -0.897. The molecule has 0 aromatic carbocycles. The van der Waals surface area contributed by atoms with Crippen LogP contribution in [0.4, 0.5) is 0 Å². The number of rotatable bonds is 5. The Labute approximate surface area is 116 Å². The minimum absolute atomic E-state index is 0.0667. The van der Waals surface area contributed by atoms with Crippen molar-refractivity contribution in [3.8, 4) is 0 Å². The number of esters is 1. The van der Waals surface area contributed by atoms with Crippen LogP contribution >= 0.6 is 11.3 Å². The average molecular weight is 285 g/mol. The highest BCUT2D eigenvalue weighted by Crippen LogP contribution is 2.16. The maximum Gasteiger partial charge on any atom is 0.328 e.